The van der Waals surface area contributed by atoms with E-state index in [-0.39, 0.29) is 0 Å². The Morgan fingerprint density at radius 3 is 2.00 bits per heavy atom. The third-order valence-corrected chi connectivity index (χ3v) is 3.46. The standard InChI is InChI=1S/C18H20N3/c1-20(2)16-9-5-14(6-10-16)18(13-19)15-7-11-17(12-8-15)21(3)4/h5-12H,1-4H3/q+1. The van der Waals surface area contributed by atoms with Crippen molar-refractivity contribution < 1.29 is 4.58 Å². The monoisotopic (exact) mass is 278 g/mol. The third-order valence-electron chi connectivity index (χ3n) is 3.46. The van der Waals surface area contributed by atoms with Crippen molar-refractivity contribution in [3.63, 3.8) is 0 Å². The van der Waals surface area contributed by atoms with E-state index in [1.807, 2.05) is 86.2 Å². The molecule has 0 saturated carbocycles. The molecule has 1 aromatic carbocycles. The molecule has 3 heteroatoms. The molecule has 0 unspecified atom stereocenters. The fraction of sp³-hybridized carbons (Fsp3) is 0.222. The topological polar surface area (TPSA) is 30.0 Å². The summed E-state index contributed by atoms with van der Waals surface area (Å²) in [7, 11) is 8.02. The highest BCUT2D eigenvalue weighted by Gasteiger charge is 2.10. The molecule has 0 saturated heterocycles. The van der Waals surface area contributed by atoms with E-state index in [1.54, 1.807) is 0 Å². The summed E-state index contributed by atoms with van der Waals surface area (Å²) in [6, 6.07) is 10.4. The molecule has 0 aromatic heterocycles. The number of hydrogen-bond acceptors (Lipinski definition) is 2. The number of rotatable bonds is 2. The van der Waals surface area contributed by atoms with E-state index < -0.39 is 0 Å². The molecule has 0 atom stereocenters. The molecule has 1 aromatic rings. The molecule has 0 amide bonds. The average Bonchev–Trinajstić information content (AvgIpc) is 2.49. The number of nitrogens with zero attached hydrogens (tertiary/aromatic N) is 3. The van der Waals surface area contributed by atoms with Crippen molar-refractivity contribution >= 4 is 17.0 Å². The largest absolute Gasteiger partial charge is 0.378 e. The molecule has 21 heavy (non-hydrogen) atoms. The minimum absolute atomic E-state index is 0.700. The number of hydrogen-bond donors (Lipinski definition) is 0. The summed E-state index contributed by atoms with van der Waals surface area (Å²) in [6.45, 7) is 0. The van der Waals surface area contributed by atoms with Crippen molar-refractivity contribution in [3.05, 3.63) is 59.7 Å². The zero-order valence-electron chi connectivity index (χ0n) is 13.0. The molecule has 0 heterocycles. The van der Waals surface area contributed by atoms with Gasteiger partial charge in [0.25, 0.3) is 0 Å². The van der Waals surface area contributed by atoms with Crippen LogP contribution in [0.15, 0.2) is 54.1 Å². The van der Waals surface area contributed by atoms with E-state index in [2.05, 4.69) is 6.07 Å². The molecule has 0 N–H and O–H groups in total. The van der Waals surface area contributed by atoms with Crippen LogP contribution in [0.4, 0.5) is 5.69 Å². The lowest BCUT2D eigenvalue weighted by atomic mass is 9.97. The van der Waals surface area contributed by atoms with Gasteiger partial charge in [-0.15, -0.1) is 0 Å². The molecule has 106 valence electrons. The van der Waals surface area contributed by atoms with Gasteiger partial charge in [0.2, 0.25) is 0 Å². The van der Waals surface area contributed by atoms with Crippen LogP contribution in [0.5, 0.6) is 0 Å². The Hall–Kier alpha value is -2.60. The summed E-state index contributed by atoms with van der Waals surface area (Å²) in [5.74, 6) is 0. The Morgan fingerprint density at radius 1 is 1.00 bits per heavy atom. The minimum Gasteiger partial charge on any atom is -0.378 e. The summed E-state index contributed by atoms with van der Waals surface area (Å²) in [6.07, 6.45) is 8.04. The molecule has 0 aliphatic heterocycles. The van der Waals surface area contributed by atoms with Gasteiger partial charge >= 0.3 is 0 Å². The second kappa shape index (κ2) is 6.23. The van der Waals surface area contributed by atoms with Crippen molar-refractivity contribution in [2.45, 2.75) is 0 Å². The number of nitriles is 1. The molecule has 0 fully saturated rings. The molecule has 3 nitrogen and oxygen atoms in total. The van der Waals surface area contributed by atoms with E-state index in [0.717, 1.165) is 22.5 Å². The smallest absolute Gasteiger partial charge is 0.199 e. The summed E-state index contributed by atoms with van der Waals surface area (Å²) in [5.41, 5.74) is 4.84. The van der Waals surface area contributed by atoms with Gasteiger partial charge in [-0.1, -0.05) is 12.1 Å². The maximum atomic E-state index is 9.48. The summed E-state index contributed by atoms with van der Waals surface area (Å²) in [4.78, 5) is 2.04. The van der Waals surface area contributed by atoms with Gasteiger partial charge in [0, 0.05) is 31.9 Å². The van der Waals surface area contributed by atoms with Crippen LogP contribution in [-0.2, 0) is 0 Å². The van der Waals surface area contributed by atoms with Gasteiger partial charge in [-0.2, -0.15) is 5.26 Å². The van der Waals surface area contributed by atoms with E-state index in [4.69, 9.17) is 0 Å². The van der Waals surface area contributed by atoms with Crippen molar-refractivity contribution in [1.29, 1.82) is 5.26 Å². The van der Waals surface area contributed by atoms with Gasteiger partial charge < -0.3 is 4.90 Å². The van der Waals surface area contributed by atoms with Gasteiger partial charge in [-0.25, -0.2) is 4.58 Å². The summed E-state index contributed by atoms with van der Waals surface area (Å²) >= 11 is 0. The highest BCUT2D eigenvalue weighted by molar-refractivity contribution is 6.03. The zero-order chi connectivity index (χ0) is 15.4. The van der Waals surface area contributed by atoms with Crippen LogP contribution in [0.25, 0.3) is 5.57 Å². The normalized spacial score (nSPS) is 13.1. The Morgan fingerprint density at radius 2 is 1.57 bits per heavy atom. The van der Waals surface area contributed by atoms with Gasteiger partial charge in [0.05, 0.1) is 5.57 Å². The molecule has 2 rings (SSSR count). The van der Waals surface area contributed by atoms with Gasteiger partial charge in [0.1, 0.15) is 20.2 Å². The molecule has 1 aliphatic carbocycles. The van der Waals surface area contributed by atoms with Gasteiger partial charge in [-0.05, 0) is 35.4 Å². The van der Waals surface area contributed by atoms with Crippen molar-refractivity contribution in [2.24, 2.45) is 0 Å². The first kappa shape index (κ1) is 14.8. The van der Waals surface area contributed by atoms with E-state index in [1.165, 1.54) is 0 Å². The molecule has 0 spiro atoms. The van der Waals surface area contributed by atoms with Crippen molar-refractivity contribution in [2.75, 3.05) is 33.1 Å². The minimum atomic E-state index is 0.700. The number of allylic oxidation sites excluding steroid dienone is 6. The summed E-state index contributed by atoms with van der Waals surface area (Å²) < 4.78 is 2.04. The zero-order valence-corrected chi connectivity index (χ0v) is 13.0. The maximum Gasteiger partial charge on any atom is 0.199 e. The quantitative estimate of drug-likeness (QED) is 0.615. The Balaban J connectivity index is 2.40. The predicted molar refractivity (Wildman–Crippen MR) is 88.7 cm³/mol. The van der Waals surface area contributed by atoms with E-state index in [0.29, 0.717) is 5.57 Å². The Bertz CT molecular complexity index is 671. The number of anilines is 1. The first-order valence-corrected chi connectivity index (χ1v) is 6.85. The lowest BCUT2D eigenvalue weighted by molar-refractivity contribution is -0.462. The maximum absolute atomic E-state index is 9.48. The first-order chi connectivity index (χ1) is 10.0. The molecule has 0 bridgehead atoms. The fourth-order valence-electron chi connectivity index (χ4n) is 2.15. The lowest BCUT2D eigenvalue weighted by Crippen LogP contribution is -2.10. The SMILES string of the molecule is CN(C)c1ccc(C(C#N)=C2C=CC(=[N+](C)C)C=C2)cc1. The van der Waals surface area contributed by atoms with Crippen LogP contribution in [0.3, 0.4) is 0 Å². The Labute approximate surface area is 126 Å². The average molecular weight is 278 g/mol. The molecular weight excluding hydrogens is 258 g/mol. The van der Waals surface area contributed by atoms with Crippen LogP contribution in [0, 0.1) is 11.3 Å². The predicted octanol–water partition coefficient (Wildman–Crippen LogP) is 2.87. The van der Waals surface area contributed by atoms with E-state index >= 15 is 0 Å². The highest BCUT2D eigenvalue weighted by Crippen LogP contribution is 2.24. The van der Waals surface area contributed by atoms with Crippen LogP contribution in [0.2, 0.25) is 0 Å². The third kappa shape index (κ3) is 3.29. The first-order valence-electron chi connectivity index (χ1n) is 6.85. The Kier molecular flexibility index (Phi) is 4.39. The summed E-state index contributed by atoms with van der Waals surface area (Å²) in [5, 5.41) is 9.48. The van der Waals surface area contributed by atoms with Gasteiger partial charge in [0.15, 0.2) is 5.71 Å². The molecule has 1 aliphatic rings. The fourth-order valence-corrected chi connectivity index (χ4v) is 2.15. The van der Waals surface area contributed by atoms with Crippen molar-refractivity contribution in [1.82, 2.24) is 0 Å². The van der Waals surface area contributed by atoms with Crippen LogP contribution < -0.4 is 4.90 Å². The van der Waals surface area contributed by atoms with Crippen molar-refractivity contribution in [3.8, 4) is 6.07 Å². The van der Waals surface area contributed by atoms with E-state index in [9.17, 15) is 5.26 Å². The van der Waals surface area contributed by atoms with Crippen LogP contribution >= 0.6 is 0 Å². The second-order valence-corrected chi connectivity index (χ2v) is 5.37. The number of benzene rings is 1. The van der Waals surface area contributed by atoms with Gasteiger partial charge in [-0.3, -0.25) is 0 Å². The van der Waals surface area contributed by atoms with Crippen LogP contribution in [0.1, 0.15) is 5.56 Å². The molecule has 0 radical (unpaired) electrons. The lowest BCUT2D eigenvalue weighted by Gasteiger charge is -2.13. The second-order valence-electron chi connectivity index (χ2n) is 5.37. The molecular formula is C18H20N3+. The van der Waals surface area contributed by atoms with Crippen LogP contribution in [-0.4, -0.2) is 38.5 Å². The highest BCUT2D eigenvalue weighted by atomic mass is 15.1.